The van der Waals surface area contributed by atoms with Gasteiger partial charge >= 0.3 is 0 Å². The van der Waals surface area contributed by atoms with E-state index in [0.29, 0.717) is 5.13 Å². The Labute approximate surface area is 95.9 Å². The van der Waals surface area contributed by atoms with Crippen LogP contribution >= 0.6 is 11.3 Å². The molecule has 76 valence electrons. The molecule has 0 unspecified atom stereocenters. The van der Waals surface area contributed by atoms with Crippen LogP contribution in [0.15, 0.2) is 23.8 Å². The van der Waals surface area contributed by atoms with Crippen molar-refractivity contribution in [2.75, 3.05) is 5.73 Å². The minimum absolute atomic E-state index is 0.0804. The van der Waals surface area contributed by atoms with Crippen molar-refractivity contribution in [2.45, 2.75) is 0 Å². The molecule has 0 aliphatic rings. The molecule has 2 rings (SSSR count). The van der Waals surface area contributed by atoms with Crippen LogP contribution in [-0.2, 0) is 0 Å². The molecule has 0 atom stereocenters. The number of hydrogen-bond acceptors (Lipinski definition) is 5. The summed E-state index contributed by atoms with van der Waals surface area (Å²) < 4.78 is 0.946. The molecule has 1 heterocycles. The van der Waals surface area contributed by atoms with Gasteiger partial charge in [-0.15, -0.1) is 0 Å². The van der Waals surface area contributed by atoms with Crippen LogP contribution in [0.4, 0.5) is 5.13 Å². The zero-order valence-electron chi connectivity index (χ0n) is 8.14. The summed E-state index contributed by atoms with van der Waals surface area (Å²) in [4.78, 5) is 4.12. The lowest BCUT2D eigenvalue weighted by Gasteiger charge is -1.92. The molecular weight excluding hydrogens is 220 g/mol. The van der Waals surface area contributed by atoms with Gasteiger partial charge < -0.3 is 5.73 Å². The van der Waals surface area contributed by atoms with Crippen molar-refractivity contribution < 1.29 is 0 Å². The van der Waals surface area contributed by atoms with E-state index < -0.39 is 0 Å². The number of rotatable bonds is 1. The lowest BCUT2D eigenvalue weighted by atomic mass is 10.1. The average Bonchev–Trinajstić information content (AvgIpc) is 2.65. The number of hydrogen-bond donors (Lipinski definition) is 1. The second-order valence-corrected chi connectivity index (χ2v) is 4.12. The standard InChI is InChI=1S/C11H6N4S/c12-5-8(6-13)3-7-1-2-9-10(4-7)16-11(14)15-9/h1-4H,(H2,14,15). The maximum atomic E-state index is 8.63. The minimum atomic E-state index is 0.0804. The van der Waals surface area contributed by atoms with Gasteiger partial charge in [-0.1, -0.05) is 17.4 Å². The predicted octanol–water partition coefficient (Wildman–Crippen LogP) is 2.31. The van der Waals surface area contributed by atoms with E-state index in [4.69, 9.17) is 16.3 Å². The summed E-state index contributed by atoms with van der Waals surface area (Å²) in [5.74, 6) is 0. The van der Waals surface area contributed by atoms with Crippen LogP contribution in [0.2, 0.25) is 0 Å². The maximum absolute atomic E-state index is 8.63. The van der Waals surface area contributed by atoms with E-state index in [0.717, 1.165) is 15.8 Å². The highest BCUT2D eigenvalue weighted by atomic mass is 32.1. The van der Waals surface area contributed by atoms with Crippen LogP contribution in [-0.4, -0.2) is 4.98 Å². The molecule has 2 aromatic rings. The van der Waals surface area contributed by atoms with Gasteiger partial charge in [0.15, 0.2) is 5.13 Å². The zero-order valence-corrected chi connectivity index (χ0v) is 8.95. The van der Waals surface area contributed by atoms with Crippen molar-refractivity contribution in [1.29, 1.82) is 10.5 Å². The van der Waals surface area contributed by atoms with Gasteiger partial charge in [-0.3, -0.25) is 0 Å². The number of nitrogens with zero attached hydrogens (tertiary/aromatic N) is 3. The van der Waals surface area contributed by atoms with Crippen molar-refractivity contribution in [2.24, 2.45) is 0 Å². The summed E-state index contributed by atoms with van der Waals surface area (Å²) in [6.07, 6.45) is 1.54. The van der Waals surface area contributed by atoms with Gasteiger partial charge in [-0.2, -0.15) is 10.5 Å². The fourth-order valence-electron chi connectivity index (χ4n) is 1.31. The first-order chi connectivity index (χ1) is 7.72. The summed E-state index contributed by atoms with van der Waals surface area (Å²) >= 11 is 1.38. The van der Waals surface area contributed by atoms with E-state index in [1.54, 1.807) is 6.07 Å². The van der Waals surface area contributed by atoms with Gasteiger partial charge in [0.1, 0.15) is 17.7 Å². The number of anilines is 1. The quantitative estimate of drug-likeness (QED) is 0.756. The highest BCUT2D eigenvalue weighted by Crippen LogP contribution is 2.25. The molecule has 2 N–H and O–H groups in total. The smallest absolute Gasteiger partial charge is 0.181 e. The Morgan fingerprint density at radius 2 is 2.12 bits per heavy atom. The van der Waals surface area contributed by atoms with Gasteiger partial charge in [-0.05, 0) is 23.8 Å². The number of allylic oxidation sites excluding steroid dienone is 1. The van der Waals surface area contributed by atoms with Crippen LogP contribution in [0.1, 0.15) is 5.56 Å². The summed E-state index contributed by atoms with van der Waals surface area (Å²) in [5.41, 5.74) is 7.29. The van der Waals surface area contributed by atoms with Gasteiger partial charge in [0, 0.05) is 0 Å². The molecule has 0 bridgehead atoms. The second-order valence-electron chi connectivity index (χ2n) is 3.06. The zero-order chi connectivity index (χ0) is 11.5. The summed E-state index contributed by atoms with van der Waals surface area (Å²) in [5, 5.41) is 17.8. The highest BCUT2D eigenvalue weighted by molar-refractivity contribution is 7.22. The number of nitriles is 2. The molecular formula is C11H6N4S. The van der Waals surface area contributed by atoms with Gasteiger partial charge in [-0.25, -0.2) is 4.98 Å². The molecule has 0 aliphatic heterocycles. The molecule has 0 saturated carbocycles. The van der Waals surface area contributed by atoms with Crippen LogP contribution in [0.25, 0.3) is 16.3 Å². The normalized spacial score (nSPS) is 9.38. The Morgan fingerprint density at radius 3 is 2.81 bits per heavy atom. The van der Waals surface area contributed by atoms with E-state index in [-0.39, 0.29) is 5.57 Å². The fourth-order valence-corrected chi connectivity index (χ4v) is 2.09. The summed E-state index contributed by atoms with van der Waals surface area (Å²) in [6, 6.07) is 9.11. The first kappa shape index (κ1) is 10.2. The Kier molecular flexibility index (Phi) is 2.55. The summed E-state index contributed by atoms with van der Waals surface area (Å²) in [6.45, 7) is 0. The molecule has 16 heavy (non-hydrogen) atoms. The lowest BCUT2D eigenvalue weighted by molar-refractivity contribution is 1.47. The Balaban J connectivity index is 2.52. The van der Waals surface area contributed by atoms with Gasteiger partial charge in [0.25, 0.3) is 0 Å². The van der Waals surface area contributed by atoms with Crippen LogP contribution in [0, 0.1) is 22.7 Å². The lowest BCUT2D eigenvalue weighted by Crippen LogP contribution is -1.79. The van der Waals surface area contributed by atoms with E-state index in [9.17, 15) is 0 Å². The molecule has 1 aromatic heterocycles. The van der Waals surface area contributed by atoms with Gasteiger partial charge in [0.2, 0.25) is 0 Å². The van der Waals surface area contributed by atoms with Crippen molar-refractivity contribution in [1.82, 2.24) is 4.98 Å². The maximum Gasteiger partial charge on any atom is 0.181 e. The number of nitrogen functional groups attached to an aromatic ring is 1. The SMILES string of the molecule is N#CC(C#N)=Cc1ccc2nc(N)sc2c1. The van der Waals surface area contributed by atoms with Crippen molar-refractivity contribution >= 4 is 32.8 Å². The molecule has 5 heteroatoms. The molecule has 0 radical (unpaired) electrons. The Hall–Kier alpha value is -2.37. The third kappa shape index (κ3) is 1.85. The molecule has 0 amide bonds. The van der Waals surface area contributed by atoms with Gasteiger partial charge in [0.05, 0.1) is 10.2 Å². The number of fused-ring (bicyclic) bond motifs is 1. The highest BCUT2D eigenvalue weighted by Gasteiger charge is 2.01. The fraction of sp³-hybridized carbons (Fsp3) is 0. The molecule has 1 aromatic carbocycles. The monoisotopic (exact) mass is 226 g/mol. The molecule has 0 fully saturated rings. The first-order valence-electron chi connectivity index (χ1n) is 4.41. The van der Waals surface area contributed by atoms with Crippen LogP contribution in [0.3, 0.4) is 0 Å². The molecule has 0 spiro atoms. The number of benzene rings is 1. The average molecular weight is 226 g/mol. The van der Waals surface area contributed by atoms with Crippen LogP contribution < -0.4 is 5.73 Å². The van der Waals surface area contributed by atoms with E-state index in [2.05, 4.69) is 4.98 Å². The number of aromatic nitrogens is 1. The Bertz CT molecular complexity index is 639. The topological polar surface area (TPSA) is 86.5 Å². The molecule has 0 saturated heterocycles. The molecule has 0 aliphatic carbocycles. The van der Waals surface area contributed by atoms with E-state index >= 15 is 0 Å². The number of thiazole rings is 1. The largest absolute Gasteiger partial charge is 0.375 e. The summed E-state index contributed by atoms with van der Waals surface area (Å²) in [7, 11) is 0. The second kappa shape index (κ2) is 4.01. The van der Waals surface area contributed by atoms with Crippen molar-refractivity contribution in [3.8, 4) is 12.1 Å². The van der Waals surface area contributed by atoms with Crippen molar-refractivity contribution in [3.05, 3.63) is 29.3 Å². The first-order valence-corrected chi connectivity index (χ1v) is 5.22. The van der Waals surface area contributed by atoms with E-state index in [1.165, 1.54) is 17.4 Å². The minimum Gasteiger partial charge on any atom is -0.375 e. The molecule has 4 nitrogen and oxygen atoms in total. The predicted molar refractivity (Wildman–Crippen MR) is 63.2 cm³/mol. The number of nitrogens with two attached hydrogens (primary N) is 1. The third-order valence-corrected chi connectivity index (χ3v) is 2.83. The van der Waals surface area contributed by atoms with E-state index in [1.807, 2.05) is 24.3 Å². The third-order valence-electron chi connectivity index (χ3n) is 1.98. The Morgan fingerprint density at radius 1 is 1.38 bits per heavy atom. The van der Waals surface area contributed by atoms with Crippen LogP contribution in [0.5, 0.6) is 0 Å². The van der Waals surface area contributed by atoms with Crippen molar-refractivity contribution in [3.63, 3.8) is 0 Å².